The first kappa shape index (κ1) is 25.1. The number of benzene rings is 4. The molecule has 0 saturated carbocycles. The number of fused-ring (bicyclic) bond motifs is 1. The van der Waals surface area contributed by atoms with E-state index in [1.807, 2.05) is 72.8 Å². The van der Waals surface area contributed by atoms with Crippen LogP contribution < -0.4 is 19.1 Å². The van der Waals surface area contributed by atoms with Crippen molar-refractivity contribution in [2.24, 2.45) is 0 Å². The second kappa shape index (κ2) is 11.1. The number of ether oxygens (including phenoxy) is 2. The summed E-state index contributed by atoms with van der Waals surface area (Å²) in [6, 6.07) is 28.7. The second-order valence-corrected chi connectivity index (χ2v) is 10.2. The summed E-state index contributed by atoms with van der Waals surface area (Å²) in [6.07, 6.45) is 1.08. The number of hydrogen-bond acceptors (Lipinski definition) is 5. The molecule has 0 aliphatic carbocycles. The van der Waals surface area contributed by atoms with Gasteiger partial charge in [0.2, 0.25) is 15.9 Å². The SMILES string of the molecule is CC(C(=O)NCCOc1ccc2ccccc2c1)N(c1ccc(Oc2ccccc2)cc1)S(C)(=O)=O. The van der Waals surface area contributed by atoms with Crippen LogP contribution in [0.15, 0.2) is 97.1 Å². The minimum atomic E-state index is -3.73. The Morgan fingerprint density at radius 1 is 0.833 bits per heavy atom. The van der Waals surface area contributed by atoms with Gasteiger partial charge in [0.15, 0.2) is 0 Å². The normalized spacial score (nSPS) is 12.1. The number of hydrogen-bond donors (Lipinski definition) is 1. The quantitative estimate of drug-likeness (QED) is 0.308. The first-order chi connectivity index (χ1) is 17.3. The average molecular weight is 505 g/mol. The van der Waals surface area contributed by atoms with E-state index >= 15 is 0 Å². The summed E-state index contributed by atoms with van der Waals surface area (Å²) in [6.45, 7) is 2.04. The van der Waals surface area contributed by atoms with Gasteiger partial charge in [0.25, 0.3) is 0 Å². The molecular formula is C28H28N2O5S. The van der Waals surface area contributed by atoms with E-state index in [9.17, 15) is 13.2 Å². The van der Waals surface area contributed by atoms with E-state index in [1.54, 1.807) is 31.2 Å². The maximum absolute atomic E-state index is 12.8. The zero-order valence-electron chi connectivity index (χ0n) is 20.1. The fourth-order valence-electron chi connectivity index (χ4n) is 3.84. The molecule has 1 N–H and O–H groups in total. The summed E-state index contributed by atoms with van der Waals surface area (Å²) < 4.78 is 37.8. The standard InChI is InChI=1S/C28H28N2O5S/c1-21(28(31)29-18-19-34-27-15-12-22-8-6-7-9-23(22)20-27)30(36(2,32)33)24-13-16-26(17-14-24)35-25-10-4-3-5-11-25/h3-17,20-21H,18-19H2,1-2H3,(H,29,31). The monoisotopic (exact) mass is 504 g/mol. The molecule has 0 radical (unpaired) electrons. The van der Waals surface area contributed by atoms with Crippen molar-refractivity contribution in [3.05, 3.63) is 97.1 Å². The Kier molecular flexibility index (Phi) is 7.75. The number of carbonyl (C=O) groups excluding carboxylic acids is 1. The number of rotatable bonds is 10. The molecule has 4 aromatic rings. The topological polar surface area (TPSA) is 84.9 Å². The molecule has 0 saturated heterocycles. The summed E-state index contributed by atoms with van der Waals surface area (Å²) in [5.74, 6) is 1.50. The van der Waals surface area contributed by atoms with E-state index in [1.165, 1.54) is 0 Å². The van der Waals surface area contributed by atoms with Crippen LogP contribution >= 0.6 is 0 Å². The van der Waals surface area contributed by atoms with Crippen molar-refractivity contribution in [3.8, 4) is 17.2 Å². The molecule has 0 bridgehead atoms. The van der Waals surface area contributed by atoms with Crippen LogP contribution in [0.2, 0.25) is 0 Å². The van der Waals surface area contributed by atoms with E-state index < -0.39 is 22.0 Å². The molecule has 1 atom stereocenters. The van der Waals surface area contributed by atoms with Gasteiger partial charge in [-0.3, -0.25) is 9.10 Å². The van der Waals surface area contributed by atoms with Crippen molar-refractivity contribution in [1.82, 2.24) is 5.32 Å². The number of carbonyl (C=O) groups is 1. The van der Waals surface area contributed by atoms with Gasteiger partial charge in [0.05, 0.1) is 18.5 Å². The average Bonchev–Trinajstić information content (AvgIpc) is 2.87. The lowest BCUT2D eigenvalue weighted by atomic mass is 10.1. The van der Waals surface area contributed by atoms with Gasteiger partial charge in [-0.1, -0.05) is 48.5 Å². The number of amides is 1. The lowest BCUT2D eigenvalue weighted by Crippen LogP contribution is -2.48. The molecule has 7 nitrogen and oxygen atoms in total. The summed E-state index contributed by atoms with van der Waals surface area (Å²) in [4.78, 5) is 12.8. The van der Waals surface area contributed by atoms with E-state index in [4.69, 9.17) is 9.47 Å². The zero-order chi connectivity index (χ0) is 25.5. The largest absolute Gasteiger partial charge is 0.492 e. The summed E-state index contributed by atoms with van der Waals surface area (Å²) in [7, 11) is -3.73. The molecule has 0 fully saturated rings. The summed E-state index contributed by atoms with van der Waals surface area (Å²) in [5, 5.41) is 4.95. The van der Waals surface area contributed by atoms with E-state index in [2.05, 4.69) is 5.32 Å². The van der Waals surface area contributed by atoms with Crippen LogP contribution in [-0.4, -0.2) is 39.8 Å². The molecule has 4 aromatic carbocycles. The minimum absolute atomic E-state index is 0.234. The van der Waals surface area contributed by atoms with Gasteiger partial charge in [-0.2, -0.15) is 0 Å². The van der Waals surface area contributed by atoms with Crippen LogP contribution in [0.25, 0.3) is 10.8 Å². The Labute approximate surface area is 211 Å². The Morgan fingerprint density at radius 2 is 1.44 bits per heavy atom. The number of nitrogens with one attached hydrogen (secondary N) is 1. The predicted molar refractivity (Wildman–Crippen MR) is 142 cm³/mol. The third-order valence-corrected chi connectivity index (χ3v) is 6.79. The van der Waals surface area contributed by atoms with Crippen LogP contribution in [0.1, 0.15) is 6.92 Å². The molecule has 36 heavy (non-hydrogen) atoms. The van der Waals surface area contributed by atoms with Crippen LogP contribution in [0.4, 0.5) is 5.69 Å². The fourth-order valence-corrected chi connectivity index (χ4v) is 5.02. The summed E-state index contributed by atoms with van der Waals surface area (Å²) >= 11 is 0. The Hall–Kier alpha value is -4.04. The smallest absolute Gasteiger partial charge is 0.243 e. The number of anilines is 1. The van der Waals surface area contributed by atoms with Gasteiger partial charge in [-0.25, -0.2) is 8.42 Å². The van der Waals surface area contributed by atoms with E-state index in [0.717, 1.165) is 21.3 Å². The van der Waals surface area contributed by atoms with Gasteiger partial charge < -0.3 is 14.8 Å². The third-order valence-electron chi connectivity index (χ3n) is 5.55. The van der Waals surface area contributed by atoms with Gasteiger partial charge in [0.1, 0.15) is 29.9 Å². The van der Waals surface area contributed by atoms with Crippen molar-refractivity contribution in [3.63, 3.8) is 0 Å². The molecule has 186 valence electrons. The molecule has 1 unspecified atom stereocenters. The Morgan fingerprint density at radius 3 is 2.14 bits per heavy atom. The van der Waals surface area contributed by atoms with E-state index in [-0.39, 0.29) is 13.2 Å². The first-order valence-electron chi connectivity index (χ1n) is 11.5. The molecule has 0 spiro atoms. The van der Waals surface area contributed by atoms with Crippen molar-refractivity contribution in [1.29, 1.82) is 0 Å². The molecule has 0 aliphatic heterocycles. The van der Waals surface area contributed by atoms with E-state index in [0.29, 0.717) is 22.9 Å². The zero-order valence-corrected chi connectivity index (χ0v) is 20.9. The van der Waals surface area contributed by atoms with Gasteiger partial charge >= 0.3 is 0 Å². The summed E-state index contributed by atoms with van der Waals surface area (Å²) in [5.41, 5.74) is 0.368. The lowest BCUT2D eigenvalue weighted by molar-refractivity contribution is -0.121. The van der Waals surface area contributed by atoms with Crippen molar-refractivity contribution in [2.45, 2.75) is 13.0 Å². The third kappa shape index (κ3) is 6.34. The van der Waals surface area contributed by atoms with Gasteiger partial charge in [-0.15, -0.1) is 0 Å². The highest BCUT2D eigenvalue weighted by atomic mass is 32.2. The minimum Gasteiger partial charge on any atom is -0.492 e. The number of sulfonamides is 1. The molecule has 0 heterocycles. The highest BCUT2D eigenvalue weighted by Gasteiger charge is 2.29. The maximum atomic E-state index is 12.8. The molecule has 4 rings (SSSR count). The number of para-hydroxylation sites is 1. The molecular weight excluding hydrogens is 476 g/mol. The van der Waals surface area contributed by atoms with Crippen molar-refractivity contribution in [2.75, 3.05) is 23.7 Å². The van der Waals surface area contributed by atoms with Crippen LogP contribution in [0.5, 0.6) is 17.2 Å². The maximum Gasteiger partial charge on any atom is 0.243 e. The van der Waals surface area contributed by atoms with Crippen LogP contribution in [-0.2, 0) is 14.8 Å². The number of nitrogens with zero attached hydrogens (tertiary/aromatic N) is 1. The first-order valence-corrected chi connectivity index (χ1v) is 13.4. The molecule has 0 aromatic heterocycles. The van der Waals surface area contributed by atoms with Crippen molar-refractivity contribution < 1.29 is 22.7 Å². The highest BCUT2D eigenvalue weighted by molar-refractivity contribution is 7.92. The highest BCUT2D eigenvalue weighted by Crippen LogP contribution is 2.27. The second-order valence-electron chi connectivity index (χ2n) is 8.29. The molecule has 8 heteroatoms. The van der Waals surface area contributed by atoms with Gasteiger partial charge in [0, 0.05) is 0 Å². The Balaban J connectivity index is 1.35. The predicted octanol–water partition coefficient (Wildman–Crippen LogP) is 4.98. The van der Waals surface area contributed by atoms with Crippen LogP contribution in [0, 0.1) is 0 Å². The van der Waals surface area contributed by atoms with Crippen molar-refractivity contribution >= 4 is 32.4 Å². The lowest BCUT2D eigenvalue weighted by Gasteiger charge is -2.28. The Bertz CT molecular complexity index is 1420. The van der Waals surface area contributed by atoms with Gasteiger partial charge in [-0.05, 0) is 66.2 Å². The van der Waals surface area contributed by atoms with Crippen LogP contribution in [0.3, 0.4) is 0 Å². The molecule has 0 aliphatic rings. The molecule has 1 amide bonds. The fraction of sp³-hybridized carbons (Fsp3) is 0.179.